The predicted octanol–water partition coefficient (Wildman–Crippen LogP) is 5.80. The molecule has 0 aliphatic heterocycles. The minimum atomic E-state index is 0.513. The van der Waals surface area contributed by atoms with Crippen molar-refractivity contribution in [3.8, 4) is 11.8 Å². The van der Waals surface area contributed by atoms with Gasteiger partial charge in [0.15, 0.2) is 0 Å². The van der Waals surface area contributed by atoms with Crippen LogP contribution >= 0.6 is 15.9 Å². The number of allylic oxidation sites excluding steroid dienone is 1. The van der Waals surface area contributed by atoms with Crippen molar-refractivity contribution >= 4 is 38.6 Å². The summed E-state index contributed by atoms with van der Waals surface area (Å²) in [7, 11) is 0. The smallest absolute Gasteiger partial charge is 0.149 e. The summed E-state index contributed by atoms with van der Waals surface area (Å²) in [5, 5.41) is 9.70. The fraction of sp³-hybridized carbons (Fsp3) is 0.0909. The maximum Gasteiger partial charge on any atom is 0.149 e. The third-order valence-electron chi connectivity index (χ3n) is 4.63. The Kier molecular flexibility index (Phi) is 4.43. The third kappa shape index (κ3) is 3.09. The lowest BCUT2D eigenvalue weighted by Gasteiger charge is -2.11. The van der Waals surface area contributed by atoms with E-state index in [1.54, 1.807) is 0 Å². The summed E-state index contributed by atoms with van der Waals surface area (Å²) in [4.78, 5) is 7.78. The number of fused-ring (bicyclic) bond motifs is 1. The summed E-state index contributed by atoms with van der Waals surface area (Å²) >= 11 is 3.63. The Morgan fingerprint density at radius 3 is 2.63 bits per heavy atom. The number of nitrogens with zero attached hydrogens (tertiary/aromatic N) is 3. The molecule has 0 unspecified atom stereocenters. The van der Waals surface area contributed by atoms with Crippen molar-refractivity contribution in [2.75, 3.05) is 0 Å². The van der Waals surface area contributed by atoms with Crippen LogP contribution in [0.15, 0.2) is 59.1 Å². The molecule has 0 aliphatic carbocycles. The molecule has 0 radical (unpaired) electrons. The summed E-state index contributed by atoms with van der Waals surface area (Å²) in [6.45, 7) is 4.13. The second-order valence-corrected chi connectivity index (χ2v) is 7.24. The van der Waals surface area contributed by atoms with E-state index in [-0.39, 0.29) is 0 Å². The lowest BCUT2D eigenvalue weighted by atomic mass is 10.1. The number of aromatic nitrogens is 3. The second kappa shape index (κ2) is 6.90. The first-order valence-electron chi connectivity index (χ1n) is 8.59. The van der Waals surface area contributed by atoms with Gasteiger partial charge >= 0.3 is 0 Å². The Labute approximate surface area is 165 Å². The molecule has 0 atom stereocenters. The molecule has 5 heteroatoms. The number of nitrogens with one attached hydrogen (secondary N) is 1. The van der Waals surface area contributed by atoms with Crippen molar-refractivity contribution in [3.05, 3.63) is 81.8 Å². The molecule has 0 fully saturated rings. The molecule has 1 N–H and O–H groups in total. The number of para-hydroxylation sites is 3. The highest BCUT2D eigenvalue weighted by Gasteiger charge is 2.14. The van der Waals surface area contributed by atoms with Crippen LogP contribution in [-0.4, -0.2) is 14.5 Å². The van der Waals surface area contributed by atoms with Crippen LogP contribution < -0.4 is 0 Å². The number of hydrogen-bond donors (Lipinski definition) is 1. The van der Waals surface area contributed by atoms with Crippen molar-refractivity contribution in [2.45, 2.75) is 13.8 Å². The molecule has 4 rings (SSSR count). The van der Waals surface area contributed by atoms with Gasteiger partial charge in [-0.25, -0.2) is 4.98 Å². The summed E-state index contributed by atoms with van der Waals surface area (Å²) in [6, 6.07) is 20.3. The molecule has 4 nitrogen and oxygen atoms in total. The largest absolute Gasteiger partial charge is 0.337 e. The van der Waals surface area contributed by atoms with E-state index in [2.05, 4.69) is 62.5 Å². The molecule has 0 aliphatic rings. The molecule has 4 aromatic rings. The van der Waals surface area contributed by atoms with E-state index in [9.17, 15) is 5.26 Å². The van der Waals surface area contributed by atoms with Crippen LogP contribution in [0.1, 0.15) is 22.8 Å². The molecule has 0 amide bonds. The van der Waals surface area contributed by atoms with Gasteiger partial charge in [-0.2, -0.15) is 5.26 Å². The number of benzene rings is 2. The molecule has 0 saturated carbocycles. The minimum Gasteiger partial charge on any atom is -0.337 e. The Bertz CT molecular complexity index is 1190. The van der Waals surface area contributed by atoms with Crippen LogP contribution in [0.2, 0.25) is 0 Å². The van der Waals surface area contributed by atoms with E-state index in [0.29, 0.717) is 11.4 Å². The highest BCUT2D eigenvalue weighted by molar-refractivity contribution is 9.10. The van der Waals surface area contributed by atoms with Gasteiger partial charge in [0.05, 0.1) is 22.3 Å². The first-order chi connectivity index (χ1) is 13.1. The first-order valence-corrected chi connectivity index (χ1v) is 9.38. The van der Waals surface area contributed by atoms with Crippen LogP contribution in [0, 0.1) is 25.2 Å². The van der Waals surface area contributed by atoms with Crippen molar-refractivity contribution in [3.63, 3.8) is 0 Å². The van der Waals surface area contributed by atoms with Crippen LogP contribution in [0.5, 0.6) is 0 Å². The lowest BCUT2D eigenvalue weighted by molar-refractivity contribution is 0.959. The zero-order valence-corrected chi connectivity index (χ0v) is 16.6. The normalized spacial score (nSPS) is 11.7. The number of nitriles is 1. The molecule has 2 heterocycles. The lowest BCUT2D eigenvalue weighted by Crippen LogP contribution is -1.99. The van der Waals surface area contributed by atoms with Gasteiger partial charge in [-0.1, -0.05) is 24.3 Å². The Balaban J connectivity index is 1.82. The highest BCUT2D eigenvalue weighted by atomic mass is 79.9. The molecule has 0 spiro atoms. The van der Waals surface area contributed by atoms with Gasteiger partial charge in [0.25, 0.3) is 0 Å². The van der Waals surface area contributed by atoms with Gasteiger partial charge in [-0.05, 0) is 71.7 Å². The molecule has 132 valence electrons. The maximum atomic E-state index is 9.70. The van der Waals surface area contributed by atoms with Crippen molar-refractivity contribution in [1.29, 1.82) is 5.26 Å². The van der Waals surface area contributed by atoms with Gasteiger partial charge < -0.3 is 9.55 Å². The fourth-order valence-corrected chi connectivity index (χ4v) is 3.79. The van der Waals surface area contributed by atoms with E-state index < -0.39 is 0 Å². The topological polar surface area (TPSA) is 57.4 Å². The fourth-order valence-electron chi connectivity index (χ4n) is 3.33. The zero-order valence-electron chi connectivity index (χ0n) is 15.0. The van der Waals surface area contributed by atoms with Crippen LogP contribution in [-0.2, 0) is 0 Å². The van der Waals surface area contributed by atoms with Gasteiger partial charge in [-0.15, -0.1) is 0 Å². The van der Waals surface area contributed by atoms with E-state index in [1.807, 2.05) is 48.5 Å². The highest BCUT2D eigenvalue weighted by Crippen LogP contribution is 2.28. The summed E-state index contributed by atoms with van der Waals surface area (Å²) in [6.07, 6.45) is 1.90. The van der Waals surface area contributed by atoms with Crippen molar-refractivity contribution in [2.24, 2.45) is 0 Å². The van der Waals surface area contributed by atoms with Crippen LogP contribution in [0.25, 0.3) is 28.4 Å². The maximum absolute atomic E-state index is 9.70. The molecule has 27 heavy (non-hydrogen) atoms. The molecule has 2 aromatic carbocycles. The third-order valence-corrected chi connectivity index (χ3v) is 5.30. The molecule has 0 bridgehead atoms. The SMILES string of the molecule is Cc1cc(C=C(C#N)c2nc3ccccc3[nH]2)c(C)n1-c1ccccc1Br. The number of imidazole rings is 1. The van der Waals surface area contributed by atoms with Crippen molar-refractivity contribution < 1.29 is 0 Å². The molecular formula is C22H17BrN4. The molecule has 0 saturated heterocycles. The number of hydrogen-bond acceptors (Lipinski definition) is 2. The van der Waals surface area contributed by atoms with E-state index in [0.717, 1.165) is 38.1 Å². The Hall–Kier alpha value is -3.10. The Morgan fingerprint density at radius 1 is 1.15 bits per heavy atom. The summed E-state index contributed by atoms with van der Waals surface area (Å²) in [5.41, 5.74) is 6.55. The second-order valence-electron chi connectivity index (χ2n) is 6.39. The number of aryl methyl sites for hydroxylation is 1. The number of H-pyrrole nitrogens is 1. The van der Waals surface area contributed by atoms with Gasteiger partial charge in [0.1, 0.15) is 11.9 Å². The van der Waals surface area contributed by atoms with Gasteiger partial charge in [0, 0.05) is 15.9 Å². The average molecular weight is 417 g/mol. The van der Waals surface area contributed by atoms with Crippen LogP contribution in [0.3, 0.4) is 0 Å². The average Bonchev–Trinajstić information content (AvgIpc) is 3.21. The van der Waals surface area contributed by atoms with E-state index in [4.69, 9.17) is 0 Å². The van der Waals surface area contributed by atoms with Crippen molar-refractivity contribution in [1.82, 2.24) is 14.5 Å². The number of halogens is 1. The van der Waals surface area contributed by atoms with E-state index >= 15 is 0 Å². The van der Waals surface area contributed by atoms with Gasteiger partial charge in [-0.3, -0.25) is 0 Å². The standard InChI is InChI=1S/C22H17BrN4/c1-14-11-16(15(2)27(14)21-10-6-3-7-18(21)23)12-17(13-24)22-25-19-8-4-5-9-20(19)26-22/h3-12H,1-2H3,(H,25,26). The minimum absolute atomic E-state index is 0.513. The summed E-state index contributed by atoms with van der Waals surface area (Å²) in [5.74, 6) is 0.587. The molecular weight excluding hydrogens is 400 g/mol. The Morgan fingerprint density at radius 2 is 1.89 bits per heavy atom. The monoisotopic (exact) mass is 416 g/mol. The first kappa shape index (κ1) is 17.3. The summed E-state index contributed by atoms with van der Waals surface area (Å²) < 4.78 is 3.21. The number of rotatable bonds is 3. The number of aromatic amines is 1. The molecule has 2 aromatic heterocycles. The van der Waals surface area contributed by atoms with Gasteiger partial charge in [0.2, 0.25) is 0 Å². The quantitative estimate of drug-likeness (QED) is 0.429. The van der Waals surface area contributed by atoms with Crippen LogP contribution in [0.4, 0.5) is 0 Å². The zero-order chi connectivity index (χ0) is 19.0. The van der Waals surface area contributed by atoms with E-state index in [1.165, 1.54) is 0 Å². The predicted molar refractivity (Wildman–Crippen MR) is 113 cm³/mol.